The van der Waals surface area contributed by atoms with Crippen LogP contribution in [0.15, 0.2) is 22.8 Å². The minimum Gasteiger partial charge on any atom is -0.341 e. The van der Waals surface area contributed by atoms with Gasteiger partial charge in [-0.2, -0.15) is 0 Å². The number of halogens is 2. The van der Waals surface area contributed by atoms with Gasteiger partial charge in [-0.05, 0) is 34.0 Å². The van der Waals surface area contributed by atoms with Crippen LogP contribution >= 0.6 is 28.1 Å². The van der Waals surface area contributed by atoms with E-state index in [0.717, 1.165) is 16.4 Å². The van der Waals surface area contributed by atoms with E-state index in [4.69, 9.17) is 12.2 Å². The van der Waals surface area contributed by atoms with Gasteiger partial charge in [-0.3, -0.25) is 0 Å². The molecule has 0 radical (unpaired) electrons. The van der Waals surface area contributed by atoms with Crippen molar-refractivity contribution in [2.24, 2.45) is 0 Å². The first-order chi connectivity index (χ1) is 8.49. The van der Waals surface area contributed by atoms with E-state index in [9.17, 15) is 4.39 Å². The topological polar surface area (TPSA) is 41.6 Å². The van der Waals surface area contributed by atoms with E-state index in [2.05, 4.69) is 30.9 Å². The summed E-state index contributed by atoms with van der Waals surface area (Å²) in [7, 11) is 0. The summed E-state index contributed by atoms with van der Waals surface area (Å²) in [6.07, 6.45) is 1.16. The molecular weight excluding hydrogens is 317 g/mol. The van der Waals surface area contributed by atoms with Gasteiger partial charge in [0.15, 0.2) is 5.82 Å². The highest BCUT2D eigenvalue weighted by Gasteiger charge is 2.11. The first-order valence-corrected chi connectivity index (χ1v) is 6.61. The second kappa shape index (κ2) is 5.24. The Morgan fingerprint density at radius 1 is 1.39 bits per heavy atom. The molecule has 2 aromatic heterocycles. The zero-order chi connectivity index (χ0) is 13.3. The maximum absolute atomic E-state index is 12.8. The molecule has 6 heteroatoms. The fourth-order valence-corrected chi connectivity index (χ4v) is 2.36. The maximum Gasteiger partial charge on any atom is 0.157 e. The highest BCUT2D eigenvalue weighted by atomic mass is 79.9. The molecule has 94 valence electrons. The van der Waals surface area contributed by atoms with Crippen molar-refractivity contribution in [1.29, 1.82) is 0 Å². The van der Waals surface area contributed by atoms with Gasteiger partial charge in [0, 0.05) is 5.69 Å². The number of pyridine rings is 1. The Bertz CT molecular complexity index is 622. The van der Waals surface area contributed by atoms with Crippen LogP contribution < -0.4 is 0 Å². The van der Waals surface area contributed by atoms with E-state index in [1.165, 1.54) is 6.07 Å². The van der Waals surface area contributed by atoms with Gasteiger partial charge in [0.2, 0.25) is 0 Å². The lowest BCUT2D eigenvalue weighted by atomic mass is 10.1. The average Bonchev–Trinajstić information content (AvgIpc) is 2.33. The number of H-pyrrole nitrogens is 1. The number of hydrogen-bond donors (Lipinski definition) is 1. The summed E-state index contributed by atoms with van der Waals surface area (Å²) in [5, 5.41) is 0. The predicted molar refractivity (Wildman–Crippen MR) is 74.4 cm³/mol. The Balaban J connectivity index is 2.59. The molecule has 0 aliphatic heterocycles. The van der Waals surface area contributed by atoms with Crippen LogP contribution in [-0.4, -0.2) is 15.0 Å². The second-order valence-corrected chi connectivity index (χ2v) is 5.31. The molecule has 3 nitrogen and oxygen atoms in total. The van der Waals surface area contributed by atoms with E-state index >= 15 is 0 Å². The Morgan fingerprint density at radius 3 is 2.67 bits per heavy atom. The van der Waals surface area contributed by atoms with Crippen molar-refractivity contribution in [3.8, 4) is 11.5 Å². The summed E-state index contributed by atoms with van der Waals surface area (Å²) < 4.78 is 14.1. The smallest absolute Gasteiger partial charge is 0.157 e. The molecule has 2 heterocycles. The summed E-state index contributed by atoms with van der Waals surface area (Å²) in [6, 6.07) is 2.92. The summed E-state index contributed by atoms with van der Waals surface area (Å²) in [4.78, 5) is 11.4. The molecule has 0 fully saturated rings. The lowest BCUT2D eigenvalue weighted by molar-refractivity contribution is 0.621. The quantitative estimate of drug-likeness (QED) is 0.839. The molecule has 18 heavy (non-hydrogen) atoms. The van der Waals surface area contributed by atoms with Crippen LogP contribution in [0.1, 0.15) is 25.5 Å². The summed E-state index contributed by atoms with van der Waals surface area (Å²) in [5.41, 5.74) is 1.52. The largest absolute Gasteiger partial charge is 0.341 e. The van der Waals surface area contributed by atoms with E-state index in [1.807, 2.05) is 13.8 Å². The van der Waals surface area contributed by atoms with Crippen molar-refractivity contribution >= 4 is 28.1 Å². The molecule has 0 spiro atoms. The van der Waals surface area contributed by atoms with Gasteiger partial charge < -0.3 is 4.98 Å². The van der Waals surface area contributed by atoms with Crippen molar-refractivity contribution in [2.75, 3.05) is 0 Å². The average molecular weight is 328 g/mol. The number of nitrogens with one attached hydrogen (secondary N) is 1. The molecule has 2 rings (SSSR count). The summed E-state index contributed by atoms with van der Waals surface area (Å²) in [6.45, 7) is 4.10. The number of aromatic nitrogens is 3. The Morgan fingerprint density at radius 2 is 2.11 bits per heavy atom. The molecule has 0 aliphatic carbocycles. The van der Waals surface area contributed by atoms with Crippen LogP contribution in [0.2, 0.25) is 0 Å². The minimum absolute atomic E-state index is 0.267. The number of aromatic amines is 1. The number of hydrogen-bond acceptors (Lipinski definition) is 3. The van der Waals surface area contributed by atoms with Crippen molar-refractivity contribution in [2.45, 2.75) is 19.8 Å². The zero-order valence-corrected chi connectivity index (χ0v) is 12.3. The molecule has 0 bridgehead atoms. The third-order valence-electron chi connectivity index (χ3n) is 2.44. The zero-order valence-electron chi connectivity index (χ0n) is 9.87. The fourth-order valence-electron chi connectivity index (χ4n) is 1.51. The molecule has 0 amide bonds. The van der Waals surface area contributed by atoms with Crippen LogP contribution in [0.25, 0.3) is 11.5 Å². The van der Waals surface area contributed by atoms with Gasteiger partial charge in [-0.25, -0.2) is 14.4 Å². The molecule has 0 aromatic carbocycles. The van der Waals surface area contributed by atoms with Gasteiger partial charge in [0.05, 0.1) is 10.7 Å². The van der Waals surface area contributed by atoms with Gasteiger partial charge in [-0.15, -0.1) is 0 Å². The normalized spacial score (nSPS) is 10.9. The first-order valence-electron chi connectivity index (χ1n) is 5.40. The number of rotatable bonds is 2. The van der Waals surface area contributed by atoms with Gasteiger partial charge in [0.1, 0.15) is 16.2 Å². The van der Waals surface area contributed by atoms with E-state index in [0.29, 0.717) is 16.2 Å². The molecule has 0 saturated heterocycles. The summed E-state index contributed by atoms with van der Waals surface area (Å²) >= 11 is 8.61. The molecule has 0 atom stereocenters. The highest BCUT2D eigenvalue weighted by molar-refractivity contribution is 9.10. The third-order valence-corrected chi connectivity index (χ3v) is 3.80. The Hall–Kier alpha value is -1.14. The van der Waals surface area contributed by atoms with Crippen LogP contribution in [-0.2, 0) is 0 Å². The van der Waals surface area contributed by atoms with Crippen molar-refractivity contribution in [1.82, 2.24) is 15.0 Å². The van der Waals surface area contributed by atoms with Crippen LogP contribution in [0, 0.1) is 10.5 Å². The molecule has 0 aliphatic rings. The van der Waals surface area contributed by atoms with Crippen LogP contribution in [0.5, 0.6) is 0 Å². The fraction of sp³-hybridized carbons (Fsp3) is 0.250. The van der Waals surface area contributed by atoms with E-state index < -0.39 is 0 Å². The SMILES string of the molecule is CC(C)c1[nH]c(-c2ccc(F)cn2)nc(=S)c1Br. The summed E-state index contributed by atoms with van der Waals surface area (Å²) in [5.74, 6) is 0.439. The molecule has 2 aromatic rings. The second-order valence-electron chi connectivity index (χ2n) is 4.13. The van der Waals surface area contributed by atoms with E-state index in [-0.39, 0.29) is 11.7 Å². The predicted octanol–water partition coefficient (Wildman–Crippen LogP) is 4.23. The monoisotopic (exact) mass is 327 g/mol. The molecule has 1 N–H and O–H groups in total. The van der Waals surface area contributed by atoms with E-state index in [1.54, 1.807) is 6.07 Å². The lowest BCUT2D eigenvalue weighted by Crippen LogP contribution is -2.01. The first kappa shape index (κ1) is 13.3. The van der Waals surface area contributed by atoms with Crippen molar-refractivity contribution < 1.29 is 4.39 Å². The van der Waals surface area contributed by atoms with Gasteiger partial charge in [-0.1, -0.05) is 26.1 Å². The third kappa shape index (κ3) is 2.64. The molecule has 0 saturated carbocycles. The number of nitrogens with zero attached hydrogens (tertiary/aromatic N) is 2. The minimum atomic E-state index is -0.376. The highest BCUT2D eigenvalue weighted by Crippen LogP contribution is 2.25. The van der Waals surface area contributed by atoms with Gasteiger partial charge >= 0.3 is 0 Å². The van der Waals surface area contributed by atoms with Crippen LogP contribution in [0.4, 0.5) is 4.39 Å². The standard InChI is InChI=1S/C12H11BrFN3S/c1-6(2)10-9(13)12(18)17-11(16-10)8-4-3-7(14)5-15-8/h3-6H,1-2H3,(H,16,17,18). The Labute approximate surface area is 118 Å². The lowest BCUT2D eigenvalue weighted by Gasteiger charge is -2.10. The maximum atomic E-state index is 12.8. The van der Waals surface area contributed by atoms with Crippen molar-refractivity contribution in [3.63, 3.8) is 0 Å². The molecular formula is C12H11BrFN3S. The Kier molecular flexibility index (Phi) is 3.87. The van der Waals surface area contributed by atoms with Crippen LogP contribution in [0.3, 0.4) is 0 Å². The van der Waals surface area contributed by atoms with Gasteiger partial charge in [0.25, 0.3) is 0 Å². The molecule has 0 unspecified atom stereocenters. The van der Waals surface area contributed by atoms with Crippen molar-refractivity contribution in [3.05, 3.63) is 39.0 Å².